The zero-order valence-electron chi connectivity index (χ0n) is 19.9. The van der Waals surface area contributed by atoms with Crippen molar-refractivity contribution < 1.29 is 28.6 Å². The smallest absolute Gasteiger partial charge is 0.410 e. The van der Waals surface area contributed by atoms with Crippen LogP contribution in [-0.2, 0) is 25.4 Å². The molecule has 0 saturated heterocycles. The molecule has 9 nitrogen and oxygen atoms in total. The molecule has 1 unspecified atom stereocenters. The molecule has 0 spiro atoms. The number of amides is 1. The van der Waals surface area contributed by atoms with Gasteiger partial charge in [-0.1, -0.05) is 0 Å². The Morgan fingerprint density at radius 3 is 2.10 bits per heavy atom. The Labute approximate surface area is 184 Å². The molecular formula is C22H35N3O6. The van der Waals surface area contributed by atoms with Crippen LogP contribution < -0.4 is 0 Å². The van der Waals surface area contributed by atoms with Crippen LogP contribution in [0.15, 0.2) is 12.4 Å². The summed E-state index contributed by atoms with van der Waals surface area (Å²) >= 11 is 0. The summed E-state index contributed by atoms with van der Waals surface area (Å²) in [6.45, 7) is 11.3. The molecule has 1 amide bonds. The number of ether oxygens (including phenoxy) is 3. The minimum Gasteiger partial charge on any atom is -0.464 e. The number of hydrogen-bond acceptors (Lipinski definition) is 8. The molecule has 0 bridgehead atoms. The van der Waals surface area contributed by atoms with Gasteiger partial charge in [0.1, 0.15) is 11.2 Å². The van der Waals surface area contributed by atoms with Crippen molar-refractivity contribution in [1.29, 1.82) is 0 Å². The lowest BCUT2D eigenvalue weighted by Crippen LogP contribution is -2.35. The number of aromatic nitrogens is 2. The van der Waals surface area contributed by atoms with Gasteiger partial charge in [-0.2, -0.15) is 0 Å². The summed E-state index contributed by atoms with van der Waals surface area (Å²) in [7, 11) is 2.93. The van der Waals surface area contributed by atoms with E-state index in [4.69, 9.17) is 9.47 Å². The normalized spacial score (nSPS) is 12.6. The lowest BCUT2D eigenvalue weighted by atomic mass is 9.97. The van der Waals surface area contributed by atoms with Crippen molar-refractivity contribution in [2.75, 3.05) is 20.7 Å². The van der Waals surface area contributed by atoms with Gasteiger partial charge >= 0.3 is 18.0 Å². The van der Waals surface area contributed by atoms with Crippen LogP contribution in [0.5, 0.6) is 0 Å². The molecule has 0 aliphatic rings. The molecule has 174 valence electrons. The zero-order chi connectivity index (χ0) is 23.8. The SMILES string of the molecule is COC(=O)c1cnc(CC(CCCN(C)C(=O)OC(C)(C)C)C(=O)OC(C)(C)C)cn1. The average Bonchev–Trinajstić information content (AvgIpc) is 2.64. The summed E-state index contributed by atoms with van der Waals surface area (Å²) in [5.74, 6) is -1.39. The third-order valence-electron chi connectivity index (χ3n) is 4.05. The Morgan fingerprint density at radius 2 is 1.61 bits per heavy atom. The van der Waals surface area contributed by atoms with E-state index in [9.17, 15) is 14.4 Å². The molecule has 0 fully saturated rings. The van der Waals surface area contributed by atoms with Gasteiger partial charge in [-0.3, -0.25) is 9.78 Å². The van der Waals surface area contributed by atoms with E-state index in [2.05, 4.69) is 14.7 Å². The van der Waals surface area contributed by atoms with E-state index < -0.39 is 29.2 Å². The molecule has 1 heterocycles. The summed E-state index contributed by atoms with van der Waals surface area (Å²) in [6.07, 6.45) is 3.74. The number of carbonyl (C=O) groups is 3. The van der Waals surface area contributed by atoms with Crippen LogP contribution in [0.3, 0.4) is 0 Å². The van der Waals surface area contributed by atoms with E-state index in [1.807, 2.05) is 41.5 Å². The van der Waals surface area contributed by atoms with Crippen molar-refractivity contribution in [1.82, 2.24) is 14.9 Å². The first-order valence-electron chi connectivity index (χ1n) is 10.3. The van der Waals surface area contributed by atoms with E-state index in [1.165, 1.54) is 24.4 Å². The van der Waals surface area contributed by atoms with E-state index >= 15 is 0 Å². The molecule has 31 heavy (non-hydrogen) atoms. The van der Waals surface area contributed by atoms with Crippen molar-refractivity contribution in [3.05, 3.63) is 23.8 Å². The fraction of sp³-hybridized carbons (Fsp3) is 0.682. The first-order valence-corrected chi connectivity index (χ1v) is 10.3. The maximum Gasteiger partial charge on any atom is 0.410 e. The summed E-state index contributed by atoms with van der Waals surface area (Å²) in [5.41, 5.74) is -0.536. The van der Waals surface area contributed by atoms with Gasteiger partial charge in [0.15, 0.2) is 5.69 Å². The second kappa shape index (κ2) is 11.1. The van der Waals surface area contributed by atoms with E-state index in [0.29, 0.717) is 31.5 Å². The van der Waals surface area contributed by atoms with Crippen LogP contribution >= 0.6 is 0 Å². The van der Waals surface area contributed by atoms with Gasteiger partial charge in [0.05, 0.1) is 24.9 Å². The van der Waals surface area contributed by atoms with Crippen molar-refractivity contribution >= 4 is 18.0 Å². The highest BCUT2D eigenvalue weighted by atomic mass is 16.6. The largest absolute Gasteiger partial charge is 0.464 e. The number of carbonyl (C=O) groups excluding carboxylic acids is 3. The molecule has 0 aromatic carbocycles. The van der Waals surface area contributed by atoms with Crippen molar-refractivity contribution in [3.63, 3.8) is 0 Å². The van der Waals surface area contributed by atoms with E-state index in [-0.39, 0.29) is 11.7 Å². The van der Waals surface area contributed by atoms with Crippen LogP contribution in [0.2, 0.25) is 0 Å². The van der Waals surface area contributed by atoms with Gasteiger partial charge in [-0.25, -0.2) is 14.6 Å². The Hall–Kier alpha value is -2.71. The lowest BCUT2D eigenvalue weighted by molar-refractivity contribution is -0.160. The lowest BCUT2D eigenvalue weighted by Gasteiger charge is -2.26. The Morgan fingerprint density at radius 1 is 1.00 bits per heavy atom. The Bertz CT molecular complexity index is 750. The summed E-state index contributed by atoms with van der Waals surface area (Å²) in [5, 5.41) is 0. The van der Waals surface area contributed by atoms with Crippen LogP contribution in [-0.4, -0.2) is 64.8 Å². The molecule has 0 N–H and O–H groups in total. The van der Waals surface area contributed by atoms with Crippen molar-refractivity contribution in [3.8, 4) is 0 Å². The highest BCUT2D eigenvalue weighted by Gasteiger charge is 2.27. The van der Waals surface area contributed by atoms with Gasteiger partial charge in [-0.05, 0) is 54.4 Å². The first-order chi connectivity index (χ1) is 14.2. The molecule has 0 aliphatic heterocycles. The molecule has 1 aromatic rings. The molecule has 0 aliphatic carbocycles. The summed E-state index contributed by atoms with van der Waals surface area (Å²) < 4.78 is 15.5. The van der Waals surface area contributed by atoms with E-state index in [1.54, 1.807) is 7.05 Å². The van der Waals surface area contributed by atoms with Crippen LogP contribution in [0.25, 0.3) is 0 Å². The zero-order valence-corrected chi connectivity index (χ0v) is 19.9. The van der Waals surface area contributed by atoms with Crippen molar-refractivity contribution in [2.45, 2.75) is 72.0 Å². The minimum atomic E-state index is -0.622. The standard InChI is InChI=1S/C22H35N3O6/c1-21(2,3)30-18(26)15(10-9-11-25(7)20(28)31-22(4,5)6)12-16-13-24-17(14-23-16)19(27)29-8/h13-15H,9-12H2,1-8H3. The third-order valence-corrected chi connectivity index (χ3v) is 4.05. The van der Waals surface area contributed by atoms with Gasteiger partial charge in [0.25, 0.3) is 0 Å². The van der Waals surface area contributed by atoms with E-state index in [0.717, 1.165) is 0 Å². The Kier molecular flexibility index (Phi) is 9.40. The fourth-order valence-electron chi connectivity index (χ4n) is 2.62. The predicted octanol–water partition coefficient (Wildman–Crippen LogP) is 3.41. The van der Waals surface area contributed by atoms with Gasteiger partial charge < -0.3 is 19.1 Å². The number of hydrogen-bond donors (Lipinski definition) is 0. The third kappa shape index (κ3) is 10.2. The first kappa shape index (κ1) is 26.3. The maximum absolute atomic E-state index is 12.7. The molecule has 0 radical (unpaired) electrons. The molecule has 0 saturated carbocycles. The average molecular weight is 438 g/mol. The fourth-order valence-corrected chi connectivity index (χ4v) is 2.62. The quantitative estimate of drug-likeness (QED) is 0.450. The van der Waals surface area contributed by atoms with Gasteiger partial charge in [-0.15, -0.1) is 0 Å². The molecule has 1 rings (SSSR count). The predicted molar refractivity (Wildman–Crippen MR) is 115 cm³/mol. The van der Waals surface area contributed by atoms with Gasteiger partial charge in [0, 0.05) is 26.2 Å². The summed E-state index contributed by atoms with van der Waals surface area (Å²) in [4.78, 5) is 46.1. The maximum atomic E-state index is 12.7. The molecule has 1 aromatic heterocycles. The number of methoxy groups -OCH3 is 1. The second-order valence-corrected chi connectivity index (χ2v) is 9.36. The van der Waals surface area contributed by atoms with Crippen LogP contribution in [0, 0.1) is 5.92 Å². The van der Waals surface area contributed by atoms with Crippen LogP contribution in [0.1, 0.15) is 70.6 Å². The Balaban J connectivity index is 2.79. The number of esters is 2. The second-order valence-electron chi connectivity index (χ2n) is 9.36. The number of rotatable bonds is 8. The van der Waals surface area contributed by atoms with Crippen molar-refractivity contribution in [2.24, 2.45) is 5.92 Å². The molecule has 9 heteroatoms. The van der Waals surface area contributed by atoms with Crippen LogP contribution in [0.4, 0.5) is 4.79 Å². The highest BCUT2D eigenvalue weighted by Crippen LogP contribution is 2.19. The highest BCUT2D eigenvalue weighted by molar-refractivity contribution is 5.86. The topological polar surface area (TPSA) is 108 Å². The molecule has 1 atom stereocenters. The minimum absolute atomic E-state index is 0.0963. The van der Waals surface area contributed by atoms with Gasteiger partial charge in [0.2, 0.25) is 0 Å². The monoisotopic (exact) mass is 437 g/mol. The summed E-state index contributed by atoms with van der Waals surface area (Å²) in [6, 6.07) is 0. The number of nitrogens with zero attached hydrogens (tertiary/aromatic N) is 3. The molecular weight excluding hydrogens is 402 g/mol.